The molecule has 1 aliphatic carbocycles. The van der Waals surface area contributed by atoms with Crippen LogP contribution >= 0.6 is 0 Å². The van der Waals surface area contributed by atoms with Crippen molar-refractivity contribution in [2.45, 2.75) is 19.3 Å². The minimum atomic E-state index is 0. The Bertz CT molecular complexity index is 378. The molecule has 3 rings (SSSR count). The number of hydrogen-bond donors (Lipinski definition) is 0. The molecule has 2 aliphatic rings. The molecule has 0 saturated carbocycles. The van der Waals surface area contributed by atoms with Crippen LogP contribution in [-0.2, 0) is 6.42 Å². The summed E-state index contributed by atoms with van der Waals surface area (Å²) in [6.45, 7) is 2.50. The summed E-state index contributed by atoms with van der Waals surface area (Å²) in [7, 11) is 0. The van der Waals surface area contributed by atoms with Crippen molar-refractivity contribution in [2.75, 3.05) is 13.1 Å². The number of nitrogens with zero attached hydrogens (tertiary/aromatic N) is 1. The largest absolute Gasteiger partial charge is 0.371 e. The van der Waals surface area contributed by atoms with Gasteiger partial charge >= 0.3 is 0 Å². The third kappa shape index (κ3) is 1.87. The predicted octanol–water partition coefficient (Wildman–Crippen LogP) is 2.30. The second-order valence-electron chi connectivity index (χ2n) is 4.14. The molecule has 0 amide bonds. The standard InChI is InChI=1S/C13H15N.Li/c1-2-6-12-11(5-1)7-8-13(12)14-9-3-4-10-14;/h1-2,5-6,8H,3-4,7,9-10H2;. The molecule has 1 aromatic rings. The molecule has 1 saturated heterocycles. The van der Waals surface area contributed by atoms with Crippen LogP contribution in [0.25, 0.3) is 5.70 Å². The number of fused-ring (bicyclic) bond motifs is 1. The maximum Gasteiger partial charge on any atom is 0.0405 e. The van der Waals surface area contributed by atoms with Gasteiger partial charge in [0.15, 0.2) is 0 Å². The van der Waals surface area contributed by atoms with Crippen molar-refractivity contribution in [3.05, 3.63) is 41.5 Å². The molecule has 1 aliphatic heterocycles. The molecule has 0 bridgehead atoms. The number of allylic oxidation sites excluding steroid dienone is 1. The van der Waals surface area contributed by atoms with Crippen molar-refractivity contribution in [1.29, 1.82) is 0 Å². The summed E-state index contributed by atoms with van der Waals surface area (Å²) in [5.41, 5.74) is 4.45. The quantitative estimate of drug-likeness (QED) is 0.617. The number of likely N-dealkylation sites (tertiary alicyclic amines) is 1. The van der Waals surface area contributed by atoms with Gasteiger partial charge in [-0.1, -0.05) is 30.3 Å². The molecule has 1 heterocycles. The van der Waals surface area contributed by atoms with Crippen molar-refractivity contribution in [3.63, 3.8) is 0 Å². The van der Waals surface area contributed by atoms with Crippen LogP contribution in [0.2, 0.25) is 0 Å². The number of rotatable bonds is 1. The van der Waals surface area contributed by atoms with Gasteiger partial charge in [-0.15, -0.1) is 0 Å². The molecular weight excluding hydrogens is 177 g/mol. The fourth-order valence-electron chi connectivity index (χ4n) is 2.52. The van der Waals surface area contributed by atoms with E-state index < -0.39 is 0 Å². The van der Waals surface area contributed by atoms with Crippen LogP contribution < -0.4 is 0 Å². The van der Waals surface area contributed by atoms with E-state index in [0.717, 1.165) is 6.42 Å². The Hall–Kier alpha value is -0.643. The summed E-state index contributed by atoms with van der Waals surface area (Å²) in [5, 5.41) is 0. The monoisotopic (exact) mass is 192 g/mol. The molecular formula is C13H15LiN. The Morgan fingerprint density at radius 1 is 1.00 bits per heavy atom. The van der Waals surface area contributed by atoms with Crippen molar-refractivity contribution in [1.82, 2.24) is 4.90 Å². The van der Waals surface area contributed by atoms with Gasteiger partial charge in [0.25, 0.3) is 0 Å². The molecule has 0 atom stereocenters. The smallest absolute Gasteiger partial charge is 0.0405 e. The van der Waals surface area contributed by atoms with Gasteiger partial charge in [-0.05, 0) is 24.8 Å². The van der Waals surface area contributed by atoms with Crippen LogP contribution in [0.15, 0.2) is 30.3 Å². The predicted molar refractivity (Wildman–Crippen MR) is 64.7 cm³/mol. The second kappa shape index (κ2) is 4.47. The van der Waals surface area contributed by atoms with E-state index in [4.69, 9.17) is 0 Å². The first-order valence-corrected chi connectivity index (χ1v) is 5.48. The van der Waals surface area contributed by atoms with Crippen molar-refractivity contribution in [3.8, 4) is 0 Å². The van der Waals surface area contributed by atoms with Gasteiger partial charge in [-0.2, -0.15) is 0 Å². The van der Waals surface area contributed by atoms with Crippen LogP contribution in [0.3, 0.4) is 0 Å². The molecule has 15 heavy (non-hydrogen) atoms. The van der Waals surface area contributed by atoms with Gasteiger partial charge in [0.05, 0.1) is 0 Å². The Morgan fingerprint density at radius 2 is 1.73 bits per heavy atom. The molecule has 2 heteroatoms. The van der Waals surface area contributed by atoms with Crippen LogP contribution in [0.5, 0.6) is 0 Å². The first-order valence-electron chi connectivity index (χ1n) is 5.48. The Balaban J connectivity index is 0.000000853. The molecule has 1 aromatic carbocycles. The topological polar surface area (TPSA) is 3.24 Å². The first kappa shape index (κ1) is 10.9. The van der Waals surface area contributed by atoms with Crippen LogP contribution in [-0.4, -0.2) is 36.9 Å². The maximum absolute atomic E-state index is 2.53. The molecule has 0 aromatic heterocycles. The summed E-state index contributed by atoms with van der Waals surface area (Å²) in [4.78, 5) is 2.53. The van der Waals surface area contributed by atoms with Crippen molar-refractivity contribution in [2.24, 2.45) is 0 Å². The summed E-state index contributed by atoms with van der Waals surface area (Å²) < 4.78 is 0. The third-order valence-corrected chi connectivity index (χ3v) is 3.26. The maximum atomic E-state index is 2.53. The average molecular weight is 192 g/mol. The fourth-order valence-corrected chi connectivity index (χ4v) is 2.52. The van der Waals surface area contributed by atoms with Crippen LogP contribution in [0, 0.1) is 0 Å². The molecule has 1 fully saturated rings. The summed E-state index contributed by atoms with van der Waals surface area (Å²) in [6.07, 6.45) is 6.23. The Labute approximate surface area is 103 Å². The Morgan fingerprint density at radius 3 is 2.53 bits per heavy atom. The van der Waals surface area contributed by atoms with Gasteiger partial charge in [0.2, 0.25) is 0 Å². The first-order chi connectivity index (χ1) is 6.95. The third-order valence-electron chi connectivity index (χ3n) is 3.26. The zero-order valence-electron chi connectivity index (χ0n) is 9.37. The zero-order valence-corrected chi connectivity index (χ0v) is 9.37. The van der Waals surface area contributed by atoms with Gasteiger partial charge in [0.1, 0.15) is 0 Å². The number of benzene rings is 1. The van der Waals surface area contributed by atoms with Gasteiger partial charge in [0, 0.05) is 43.2 Å². The minimum absolute atomic E-state index is 0. The second-order valence-corrected chi connectivity index (χ2v) is 4.14. The van der Waals surface area contributed by atoms with E-state index in [0.29, 0.717) is 0 Å². The van der Waals surface area contributed by atoms with E-state index in [9.17, 15) is 0 Å². The summed E-state index contributed by atoms with van der Waals surface area (Å²) in [5.74, 6) is 0. The molecule has 1 nitrogen and oxygen atoms in total. The van der Waals surface area contributed by atoms with Crippen molar-refractivity contribution < 1.29 is 0 Å². The van der Waals surface area contributed by atoms with Crippen LogP contribution in [0.4, 0.5) is 0 Å². The van der Waals surface area contributed by atoms with Crippen molar-refractivity contribution >= 4 is 24.6 Å². The van der Waals surface area contributed by atoms with E-state index in [1.807, 2.05) is 0 Å². The van der Waals surface area contributed by atoms with Gasteiger partial charge in [-0.3, -0.25) is 0 Å². The van der Waals surface area contributed by atoms with E-state index >= 15 is 0 Å². The zero-order chi connectivity index (χ0) is 9.38. The summed E-state index contributed by atoms with van der Waals surface area (Å²) in [6, 6.07) is 8.79. The van der Waals surface area contributed by atoms with Crippen LogP contribution in [0.1, 0.15) is 24.0 Å². The molecule has 0 unspecified atom stereocenters. The SMILES string of the molecule is C1=C(N2CCCC2)c2ccccc2C1.[Li]. The van der Waals surface area contributed by atoms with E-state index in [2.05, 4.69) is 35.2 Å². The normalized spacial score (nSPS) is 18.4. The molecule has 1 radical (unpaired) electrons. The Kier molecular flexibility index (Phi) is 3.24. The molecule has 73 valence electrons. The average Bonchev–Trinajstić information content (AvgIpc) is 2.85. The van der Waals surface area contributed by atoms with Gasteiger partial charge < -0.3 is 4.90 Å². The van der Waals surface area contributed by atoms with E-state index in [-0.39, 0.29) is 18.9 Å². The van der Waals surface area contributed by atoms with Gasteiger partial charge in [-0.25, -0.2) is 0 Å². The fraction of sp³-hybridized carbons (Fsp3) is 0.385. The minimum Gasteiger partial charge on any atom is -0.371 e. The number of hydrogen-bond acceptors (Lipinski definition) is 1. The van der Waals surface area contributed by atoms with E-state index in [1.54, 1.807) is 0 Å². The molecule has 0 spiro atoms. The summed E-state index contributed by atoms with van der Waals surface area (Å²) >= 11 is 0. The van der Waals surface area contributed by atoms with E-state index in [1.165, 1.54) is 42.8 Å². The molecule has 0 N–H and O–H groups in total.